The van der Waals surface area contributed by atoms with E-state index in [2.05, 4.69) is 11.6 Å². The van der Waals surface area contributed by atoms with Gasteiger partial charge in [-0.25, -0.2) is 4.39 Å². The van der Waals surface area contributed by atoms with Gasteiger partial charge in [-0.15, -0.1) is 0 Å². The fourth-order valence-electron chi connectivity index (χ4n) is 2.44. The number of nitro benzene ring substituents is 1. The van der Waals surface area contributed by atoms with Crippen LogP contribution in [0.5, 0.6) is 0 Å². The number of hydrogen-bond acceptors (Lipinski definition) is 4. The zero-order valence-electron chi connectivity index (χ0n) is 10.8. The van der Waals surface area contributed by atoms with Crippen molar-refractivity contribution in [2.45, 2.75) is 37.1 Å². The average Bonchev–Trinajstić information content (AvgIpc) is 2.83. The van der Waals surface area contributed by atoms with Gasteiger partial charge in [-0.05, 0) is 37.1 Å². The molecule has 2 atom stereocenters. The van der Waals surface area contributed by atoms with Gasteiger partial charge in [-0.1, -0.05) is 0 Å². The number of nitrogens with zero attached hydrogens (tertiary/aromatic N) is 1. The molecule has 6 heteroatoms. The minimum Gasteiger partial charge on any atom is -0.310 e. The number of rotatable bonds is 5. The van der Waals surface area contributed by atoms with Crippen molar-refractivity contribution in [2.24, 2.45) is 0 Å². The smallest absolute Gasteiger partial charge is 0.272 e. The van der Waals surface area contributed by atoms with Gasteiger partial charge >= 0.3 is 0 Å². The molecule has 1 aliphatic carbocycles. The summed E-state index contributed by atoms with van der Waals surface area (Å²) >= 11 is 1.88. The number of halogens is 1. The lowest BCUT2D eigenvalue weighted by Crippen LogP contribution is -2.26. The first-order valence-corrected chi connectivity index (χ1v) is 7.57. The molecular formula is C13H17FN2O2S. The molecular weight excluding hydrogens is 267 g/mol. The van der Waals surface area contributed by atoms with E-state index >= 15 is 0 Å². The van der Waals surface area contributed by atoms with E-state index in [4.69, 9.17) is 0 Å². The summed E-state index contributed by atoms with van der Waals surface area (Å²) in [5.74, 6) is -0.556. The van der Waals surface area contributed by atoms with Crippen LogP contribution in [0.2, 0.25) is 0 Å². The largest absolute Gasteiger partial charge is 0.310 e. The Bertz CT molecular complexity index is 470. The SMILES string of the molecule is CSC1CCC(NCc2cc(F)cc([N+](=O)[O-])c2)C1. The predicted molar refractivity (Wildman–Crippen MR) is 74.8 cm³/mol. The van der Waals surface area contributed by atoms with E-state index in [0.29, 0.717) is 23.4 Å². The quantitative estimate of drug-likeness (QED) is 0.667. The third-order valence-corrected chi connectivity index (χ3v) is 4.56. The minimum atomic E-state index is -0.564. The Labute approximate surface area is 115 Å². The van der Waals surface area contributed by atoms with Gasteiger partial charge in [-0.3, -0.25) is 10.1 Å². The van der Waals surface area contributed by atoms with Crippen molar-refractivity contribution in [1.82, 2.24) is 5.32 Å². The molecule has 1 N–H and O–H groups in total. The predicted octanol–water partition coefficient (Wildman–Crippen LogP) is 3.11. The molecule has 1 fully saturated rings. The minimum absolute atomic E-state index is 0.190. The van der Waals surface area contributed by atoms with E-state index in [9.17, 15) is 14.5 Å². The average molecular weight is 284 g/mol. The third kappa shape index (κ3) is 3.91. The molecule has 1 aliphatic rings. The molecule has 1 aromatic rings. The summed E-state index contributed by atoms with van der Waals surface area (Å²) in [5.41, 5.74) is 0.435. The Hall–Kier alpha value is -1.14. The van der Waals surface area contributed by atoms with Crippen molar-refractivity contribution in [1.29, 1.82) is 0 Å². The fourth-order valence-corrected chi connectivity index (χ4v) is 3.24. The van der Waals surface area contributed by atoms with Gasteiger partial charge in [0.05, 0.1) is 11.0 Å². The number of nitrogens with one attached hydrogen (secondary N) is 1. The van der Waals surface area contributed by atoms with Gasteiger partial charge in [0.1, 0.15) is 5.82 Å². The maximum atomic E-state index is 13.3. The summed E-state index contributed by atoms with van der Waals surface area (Å²) < 4.78 is 13.3. The molecule has 104 valence electrons. The number of non-ortho nitro benzene ring substituents is 1. The van der Waals surface area contributed by atoms with Gasteiger partial charge in [0.2, 0.25) is 0 Å². The molecule has 0 radical (unpaired) electrons. The second kappa shape index (κ2) is 6.34. The Balaban J connectivity index is 1.94. The number of benzene rings is 1. The van der Waals surface area contributed by atoms with Crippen LogP contribution >= 0.6 is 11.8 Å². The van der Waals surface area contributed by atoms with Gasteiger partial charge in [0.15, 0.2) is 0 Å². The summed E-state index contributed by atoms with van der Waals surface area (Å²) in [6, 6.07) is 4.15. The molecule has 0 heterocycles. The van der Waals surface area contributed by atoms with Gasteiger partial charge < -0.3 is 5.32 Å². The van der Waals surface area contributed by atoms with Crippen LogP contribution < -0.4 is 5.32 Å². The highest BCUT2D eigenvalue weighted by Gasteiger charge is 2.23. The van der Waals surface area contributed by atoms with Gasteiger partial charge in [0, 0.05) is 23.9 Å². The number of hydrogen-bond donors (Lipinski definition) is 1. The lowest BCUT2D eigenvalue weighted by atomic mass is 10.1. The van der Waals surface area contributed by atoms with Gasteiger partial charge in [-0.2, -0.15) is 11.8 Å². The third-order valence-electron chi connectivity index (χ3n) is 3.47. The molecule has 19 heavy (non-hydrogen) atoms. The molecule has 0 aromatic heterocycles. The molecule has 0 aliphatic heterocycles. The molecule has 0 spiro atoms. The maximum Gasteiger partial charge on any atom is 0.272 e. The topological polar surface area (TPSA) is 55.2 Å². The maximum absolute atomic E-state index is 13.3. The summed E-state index contributed by atoms with van der Waals surface area (Å²) in [5, 5.41) is 14.7. The highest BCUT2D eigenvalue weighted by molar-refractivity contribution is 7.99. The molecule has 2 unspecified atom stereocenters. The lowest BCUT2D eigenvalue weighted by Gasteiger charge is -2.12. The van der Waals surface area contributed by atoms with E-state index < -0.39 is 10.7 Å². The van der Waals surface area contributed by atoms with Crippen molar-refractivity contribution in [3.8, 4) is 0 Å². The van der Waals surface area contributed by atoms with Crippen LogP contribution in [0.25, 0.3) is 0 Å². The molecule has 1 saturated carbocycles. The van der Waals surface area contributed by atoms with E-state index in [1.165, 1.54) is 18.6 Å². The summed E-state index contributed by atoms with van der Waals surface area (Å²) in [7, 11) is 0. The second-order valence-corrected chi connectivity index (χ2v) is 5.96. The first-order valence-electron chi connectivity index (χ1n) is 6.28. The molecule has 1 aromatic carbocycles. The van der Waals surface area contributed by atoms with E-state index in [1.54, 1.807) is 0 Å². The monoisotopic (exact) mass is 284 g/mol. The summed E-state index contributed by atoms with van der Waals surface area (Å²) in [6.07, 6.45) is 5.53. The van der Waals surface area contributed by atoms with Gasteiger partial charge in [0.25, 0.3) is 5.69 Å². The van der Waals surface area contributed by atoms with Crippen molar-refractivity contribution >= 4 is 17.4 Å². The van der Waals surface area contributed by atoms with Crippen LogP contribution in [0.15, 0.2) is 18.2 Å². The van der Waals surface area contributed by atoms with E-state index in [1.807, 2.05) is 11.8 Å². The summed E-state index contributed by atoms with van der Waals surface area (Å²) in [6.45, 7) is 0.477. The van der Waals surface area contributed by atoms with Crippen molar-refractivity contribution in [3.05, 3.63) is 39.7 Å². The van der Waals surface area contributed by atoms with E-state index in [-0.39, 0.29) is 5.69 Å². The van der Waals surface area contributed by atoms with Crippen LogP contribution in [-0.4, -0.2) is 22.5 Å². The summed E-state index contributed by atoms with van der Waals surface area (Å²) in [4.78, 5) is 10.1. The Kier molecular flexibility index (Phi) is 4.76. The number of thioether (sulfide) groups is 1. The normalized spacial score (nSPS) is 22.6. The first-order chi connectivity index (χ1) is 9.08. The first kappa shape index (κ1) is 14.3. The second-order valence-electron chi connectivity index (χ2n) is 4.82. The Morgan fingerprint density at radius 1 is 1.47 bits per heavy atom. The molecule has 0 saturated heterocycles. The highest BCUT2D eigenvalue weighted by atomic mass is 32.2. The number of nitro groups is 1. The Morgan fingerprint density at radius 2 is 2.26 bits per heavy atom. The Morgan fingerprint density at radius 3 is 2.89 bits per heavy atom. The van der Waals surface area contributed by atoms with Crippen LogP contribution in [0.1, 0.15) is 24.8 Å². The van der Waals surface area contributed by atoms with Crippen molar-refractivity contribution < 1.29 is 9.31 Å². The van der Waals surface area contributed by atoms with Crippen LogP contribution in [0, 0.1) is 15.9 Å². The molecule has 0 bridgehead atoms. The zero-order chi connectivity index (χ0) is 13.8. The van der Waals surface area contributed by atoms with Crippen LogP contribution in [-0.2, 0) is 6.54 Å². The molecule has 0 amide bonds. The zero-order valence-corrected chi connectivity index (χ0v) is 11.6. The molecule has 2 rings (SSSR count). The molecule has 4 nitrogen and oxygen atoms in total. The van der Waals surface area contributed by atoms with E-state index in [0.717, 1.165) is 18.9 Å². The van der Waals surface area contributed by atoms with Crippen molar-refractivity contribution in [2.75, 3.05) is 6.26 Å². The van der Waals surface area contributed by atoms with Crippen LogP contribution in [0.3, 0.4) is 0 Å². The van der Waals surface area contributed by atoms with Crippen molar-refractivity contribution in [3.63, 3.8) is 0 Å². The highest BCUT2D eigenvalue weighted by Crippen LogP contribution is 2.28. The lowest BCUT2D eigenvalue weighted by molar-refractivity contribution is -0.385. The standard InChI is InChI=1S/C13H17FN2O2S/c1-19-13-3-2-11(7-13)15-8-9-4-10(14)6-12(5-9)16(17)18/h4-6,11,13,15H,2-3,7-8H2,1H3. The fraction of sp³-hybridized carbons (Fsp3) is 0.538. The van der Waals surface area contributed by atoms with Crippen LogP contribution in [0.4, 0.5) is 10.1 Å².